The molecule has 0 aromatic carbocycles. The number of cyclic esters (lactones) is 1. The smallest absolute Gasteiger partial charge is 0.410 e. The Kier molecular flexibility index (Phi) is 5.17. The lowest BCUT2D eigenvalue weighted by atomic mass is 10.3. The first-order valence-corrected chi connectivity index (χ1v) is 7.41. The number of rotatable bonds is 6. The average Bonchev–Trinajstić information content (AvgIpc) is 2.94. The highest BCUT2D eigenvalue weighted by molar-refractivity contribution is 7.09. The Morgan fingerprint density at radius 1 is 1.60 bits per heavy atom. The van der Waals surface area contributed by atoms with Gasteiger partial charge in [-0.05, 0) is 17.9 Å². The van der Waals surface area contributed by atoms with Crippen LogP contribution in [0.25, 0.3) is 0 Å². The molecule has 108 valence electrons. The van der Waals surface area contributed by atoms with Crippen molar-refractivity contribution in [2.24, 2.45) is 0 Å². The van der Waals surface area contributed by atoms with Crippen LogP contribution in [-0.2, 0) is 16.1 Å². The van der Waals surface area contributed by atoms with E-state index in [9.17, 15) is 9.59 Å². The largest absolute Gasteiger partial charge is 0.449 e. The predicted octanol–water partition coefficient (Wildman–Crippen LogP) is 2.11. The summed E-state index contributed by atoms with van der Waals surface area (Å²) in [4.78, 5) is 28.1. The minimum atomic E-state index is -0.403. The quantitative estimate of drug-likeness (QED) is 0.755. The summed E-state index contributed by atoms with van der Waals surface area (Å²) in [6.45, 7) is 5.78. The highest BCUT2D eigenvalue weighted by atomic mass is 32.1. The van der Waals surface area contributed by atoms with E-state index < -0.39 is 6.09 Å². The van der Waals surface area contributed by atoms with Crippen LogP contribution in [0.2, 0.25) is 0 Å². The molecule has 0 saturated carbocycles. The molecule has 2 rings (SSSR count). The second-order valence-corrected chi connectivity index (χ2v) is 5.56. The SMILES string of the molecule is C=CCN(Cc1cccs1)C(=O)CN1CCCOC1=O. The van der Waals surface area contributed by atoms with Crippen LogP contribution >= 0.6 is 11.3 Å². The zero-order chi connectivity index (χ0) is 14.4. The molecule has 0 atom stereocenters. The lowest BCUT2D eigenvalue weighted by molar-refractivity contribution is -0.132. The van der Waals surface area contributed by atoms with Crippen LogP contribution in [0, 0.1) is 0 Å². The number of ether oxygens (including phenoxy) is 1. The number of hydrogen-bond acceptors (Lipinski definition) is 4. The fraction of sp³-hybridized carbons (Fsp3) is 0.429. The van der Waals surface area contributed by atoms with E-state index in [-0.39, 0.29) is 12.5 Å². The van der Waals surface area contributed by atoms with Crippen LogP contribution in [0.3, 0.4) is 0 Å². The molecule has 1 aliphatic rings. The topological polar surface area (TPSA) is 49.9 Å². The van der Waals surface area contributed by atoms with Crippen LogP contribution in [0.1, 0.15) is 11.3 Å². The third-order valence-corrected chi connectivity index (χ3v) is 3.87. The summed E-state index contributed by atoms with van der Waals surface area (Å²) in [5.41, 5.74) is 0. The van der Waals surface area contributed by atoms with Crippen molar-refractivity contribution in [3.63, 3.8) is 0 Å². The maximum Gasteiger partial charge on any atom is 0.410 e. The molecule has 2 heterocycles. The van der Waals surface area contributed by atoms with E-state index in [0.29, 0.717) is 26.2 Å². The summed E-state index contributed by atoms with van der Waals surface area (Å²) < 4.78 is 4.94. The summed E-state index contributed by atoms with van der Waals surface area (Å²) in [6, 6.07) is 3.95. The van der Waals surface area contributed by atoms with E-state index in [1.807, 2.05) is 17.5 Å². The Balaban J connectivity index is 1.95. The van der Waals surface area contributed by atoms with Crippen molar-refractivity contribution in [2.75, 3.05) is 26.2 Å². The Morgan fingerprint density at radius 3 is 3.10 bits per heavy atom. The first kappa shape index (κ1) is 14.6. The van der Waals surface area contributed by atoms with E-state index in [4.69, 9.17) is 4.74 Å². The van der Waals surface area contributed by atoms with E-state index in [1.165, 1.54) is 4.90 Å². The van der Waals surface area contributed by atoms with E-state index in [0.717, 1.165) is 11.3 Å². The second kappa shape index (κ2) is 7.09. The third-order valence-electron chi connectivity index (χ3n) is 3.01. The summed E-state index contributed by atoms with van der Waals surface area (Å²) in [6.07, 6.45) is 2.06. The summed E-state index contributed by atoms with van der Waals surface area (Å²) in [5, 5.41) is 1.98. The summed E-state index contributed by atoms with van der Waals surface area (Å²) >= 11 is 1.61. The Morgan fingerprint density at radius 2 is 2.45 bits per heavy atom. The molecule has 5 nitrogen and oxygen atoms in total. The first-order chi connectivity index (χ1) is 9.70. The maximum absolute atomic E-state index is 12.3. The standard InChI is InChI=1S/C14H18N2O3S/c1-2-6-15(10-12-5-3-9-20-12)13(17)11-16-7-4-8-19-14(16)18/h2-3,5,9H,1,4,6-8,10-11H2. The Hall–Kier alpha value is -1.82. The van der Waals surface area contributed by atoms with Crippen LogP contribution in [0.4, 0.5) is 4.79 Å². The highest BCUT2D eigenvalue weighted by Crippen LogP contribution is 2.13. The van der Waals surface area contributed by atoms with Crippen molar-refractivity contribution in [3.05, 3.63) is 35.0 Å². The molecule has 20 heavy (non-hydrogen) atoms. The van der Waals surface area contributed by atoms with Crippen molar-refractivity contribution in [1.82, 2.24) is 9.80 Å². The number of amides is 2. The average molecular weight is 294 g/mol. The van der Waals surface area contributed by atoms with E-state index in [1.54, 1.807) is 22.3 Å². The second-order valence-electron chi connectivity index (χ2n) is 4.53. The van der Waals surface area contributed by atoms with Gasteiger partial charge in [0.1, 0.15) is 6.54 Å². The molecule has 0 radical (unpaired) electrons. The van der Waals surface area contributed by atoms with Gasteiger partial charge in [-0.3, -0.25) is 9.69 Å². The van der Waals surface area contributed by atoms with Crippen LogP contribution in [-0.4, -0.2) is 48.0 Å². The molecule has 1 aromatic heterocycles. The number of nitrogens with zero attached hydrogens (tertiary/aromatic N) is 2. The summed E-state index contributed by atoms with van der Waals surface area (Å²) in [5.74, 6) is -0.0860. The van der Waals surface area contributed by atoms with Gasteiger partial charge in [-0.2, -0.15) is 0 Å². The molecule has 0 bridgehead atoms. The monoisotopic (exact) mass is 294 g/mol. The van der Waals surface area contributed by atoms with Crippen molar-refractivity contribution in [1.29, 1.82) is 0 Å². The van der Waals surface area contributed by atoms with Crippen molar-refractivity contribution >= 4 is 23.3 Å². The Bertz CT molecular complexity index is 473. The number of hydrogen-bond donors (Lipinski definition) is 0. The number of carbonyl (C=O) groups excluding carboxylic acids is 2. The van der Waals surface area contributed by atoms with Crippen LogP contribution in [0.15, 0.2) is 30.2 Å². The molecule has 1 aliphatic heterocycles. The van der Waals surface area contributed by atoms with E-state index in [2.05, 4.69) is 6.58 Å². The van der Waals surface area contributed by atoms with Gasteiger partial charge in [-0.25, -0.2) is 4.79 Å². The fourth-order valence-electron chi connectivity index (χ4n) is 2.01. The lowest BCUT2D eigenvalue weighted by Crippen LogP contribution is -2.45. The summed E-state index contributed by atoms with van der Waals surface area (Å²) in [7, 11) is 0. The van der Waals surface area contributed by atoms with E-state index >= 15 is 0 Å². The fourth-order valence-corrected chi connectivity index (χ4v) is 2.72. The minimum Gasteiger partial charge on any atom is -0.449 e. The van der Waals surface area contributed by atoms with Crippen LogP contribution < -0.4 is 0 Å². The molecule has 2 amide bonds. The minimum absolute atomic E-state index is 0.0675. The van der Waals surface area contributed by atoms with Gasteiger partial charge in [-0.1, -0.05) is 12.1 Å². The Labute approximate surface area is 122 Å². The van der Waals surface area contributed by atoms with Crippen molar-refractivity contribution in [2.45, 2.75) is 13.0 Å². The highest BCUT2D eigenvalue weighted by Gasteiger charge is 2.24. The molecule has 0 spiro atoms. The first-order valence-electron chi connectivity index (χ1n) is 6.53. The van der Waals surface area contributed by atoms with Crippen molar-refractivity contribution < 1.29 is 14.3 Å². The van der Waals surface area contributed by atoms with Gasteiger partial charge < -0.3 is 9.64 Å². The number of carbonyl (C=O) groups is 2. The molecular formula is C14H18N2O3S. The van der Waals surface area contributed by atoms with Crippen molar-refractivity contribution in [3.8, 4) is 0 Å². The van der Waals surface area contributed by atoms with Gasteiger partial charge in [0.05, 0.1) is 13.2 Å². The molecule has 0 N–H and O–H groups in total. The number of thiophene rings is 1. The normalized spacial score (nSPS) is 14.8. The molecule has 1 saturated heterocycles. The van der Waals surface area contributed by atoms with Gasteiger partial charge >= 0.3 is 6.09 Å². The zero-order valence-electron chi connectivity index (χ0n) is 11.3. The third kappa shape index (κ3) is 3.84. The van der Waals surface area contributed by atoms with Crippen LogP contribution in [0.5, 0.6) is 0 Å². The molecule has 0 aliphatic carbocycles. The molecule has 6 heteroatoms. The van der Waals surface area contributed by atoms with Gasteiger partial charge in [0.2, 0.25) is 5.91 Å². The predicted molar refractivity (Wildman–Crippen MR) is 77.5 cm³/mol. The van der Waals surface area contributed by atoms with Gasteiger partial charge in [0.25, 0.3) is 0 Å². The maximum atomic E-state index is 12.3. The molecule has 1 aromatic rings. The lowest BCUT2D eigenvalue weighted by Gasteiger charge is -2.28. The van der Waals surface area contributed by atoms with Gasteiger partial charge in [0.15, 0.2) is 0 Å². The molecule has 0 unspecified atom stereocenters. The molecule has 1 fully saturated rings. The zero-order valence-corrected chi connectivity index (χ0v) is 12.1. The van der Waals surface area contributed by atoms with Gasteiger partial charge in [0, 0.05) is 18.0 Å². The molecular weight excluding hydrogens is 276 g/mol. The van der Waals surface area contributed by atoms with Gasteiger partial charge in [-0.15, -0.1) is 17.9 Å².